The Morgan fingerprint density at radius 1 is 0.688 bits per heavy atom. The summed E-state index contributed by atoms with van der Waals surface area (Å²) in [7, 11) is 4.44. The van der Waals surface area contributed by atoms with Gasteiger partial charge in [-0.2, -0.15) is 0 Å². The lowest BCUT2D eigenvalue weighted by Gasteiger charge is -2.46. The Morgan fingerprint density at radius 3 is 1.12 bits per heavy atom. The number of allylic oxidation sites excluding steroid dienone is 2. The van der Waals surface area contributed by atoms with E-state index in [9.17, 15) is 0 Å². The summed E-state index contributed by atoms with van der Waals surface area (Å²) in [5, 5.41) is 0. The van der Waals surface area contributed by atoms with Gasteiger partial charge in [-0.15, -0.1) is 0 Å². The molecule has 0 atom stereocenters. The number of rotatable bonds is 0. The van der Waals surface area contributed by atoms with E-state index in [1.165, 1.54) is 11.4 Å². The summed E-state index contributed by atoms with van der Waals surface area (Å²) in [6.45, 7) is 16.1. The molecule has 0 aliphatic carbocycles. The van der Waals surface area contributed by atoms with Crippen LogP contribution < -0.4 is 0 Å². The molecule has 0 saturated heterocycles. The molecule has 0 bridgehead atoms. The molecule has 0 radical (unpaired) electrons. The van der Waals surface area contributed by atoms with Crippen LogP contribution in [0.4, 0.5) is 0 Å². The number of likely N-dealkylation sites (N-methyl/N-ethyl adjacent to an activating group) is 2. The second kappa shape index (κ2) is 3.97. The van der Waals surface area contributed by atoms with Gasteiger partial charge in [0.2, 0.25) is 0 Å². The van der Waals surface area contributed by atoms with Crippen molar-refractivity contribution in [1.29, 1.82) is 0 Å². The molecule has 1 aliphatic heterocycles. The highest BCUT2D eigenvalue weighted by Gasteiger charge is 2.35. The molecule has 0 spiro atoms. The van der Waals surface area contributed by atoms with Gasteiger partial charge in [0.05, 0.1) is 0 Å². The quantitative estimate of drug-likeness (QED) is 0.623. The van der Waals surface area contributed by atoms with Crippen LogP contribution in [0.5, 0.6) is 0 Å². The normalized spacial score (nSPS) is 19.5. The van der Waals surface area contributed by atoms with Gasteiger partial charge in [0.1, 0.15) is 0 Å². The molecule has 0 aromatic heterocycles. The molecule has 0 saturated carbocycles. The zero-order chi connectivity index (χ0) is 12.7. The Hall–Kier alpha value is -0.660. The molecule has 1 heterocycles. The van der Waals surface area contributed by atoms with Crippen LogP contribution in [0.1, 0.15) is 41.5 Å². The molecule has 0 N–H and O–H groups in total. The van der Waals surface area contributed by atoms with Gasteiger partial charge in [0, 0.05) is 49.4 Å². The van der Waals surface area contributed by atoms with Crippen LogP contribution in [0.3, 0.4) is 0 Å². The van der Waals surface area contributed by atoms with Crippen LogP contribution in [0, 0.1) is 10.8 Å². The number of hydrogen-bond donors (Lipinski definition) is 0. The van der Waals surface area contributed by atoms with Gasteiger partial charge < -0.3 is 9.80 Å². The fourth-order valence-corrected chi connectivity index (χ4v) is 2.74. The van der Waals surface area contributed by atoms with E-state index in [1.54, 1.807) is 0 Å². The summed E-state index contributed by atoms with van der Waals surface area (Å²) in [5.74, 6) is 0. The molecule has 2 heteroatoms. The maximum absolute atomic E-state index is 2.43. The zero-order valence-electron chi connectivity index (χ0n) is 12.3. The molecular formula is C14H28N2. The first kappa shape index (κ1) is 13.4. The lowest BCUT2D eigenvalue weighted by atomic mass is 9.80. The largest absolute Gasteiger partial charge is 0.374 e. The highest BCUT2D eigenvalue weighted by atomic mass is 15.2. The summed E-state index contributed by atoms with van der Waals surface area (Å²) >= 11 is 0. The van der Waals surface area contributed by atoms with Gasteiger partial charge in [-0.05, 0) is 0 Å². The van der Waals surface area contributed by atoms with Gasteiger partial charge in [0.15, 0.2) is 0 Å². The van der Waals surface area contributed by atoms with E-state index in [1.807, 2.05) is 0 Å². The van der Waals surface area contributed by atoms with Crippen LogP contribution >= 0.6 is 0 Å². The molecule has 0 aromatic carbocycles. The number of hydrogen-bond acceptors (Lipinski definition) is 2. The highest BCUT2D eigenvalue weighted by molar-refractivity contribution is 5.24. The summed E-state index contributed by atoms with van der Waals surface area (Å²) in [5.41, 5.74) is 3.42. The summed E-state index contributed by atoms with van der Waals surface area (Å²) < 4.78 is 0. The number of nitrogens with zero attached hydrogens (tertiary/aromatic N) is 2. The lowest BCUT2D eigenvalue weighted by Crippen LogP contribution is -2.45. The Morgan fingerprint density at radius 2 is 0.938 bits per heavy atom. The Balaban J connectivity index is 3.36. The Bertz CT molecular complexity index is 259. The van der Waals surface area contributed by atoms with E-state index in [2.05, 4.69) is 65.4 Å². The van der Waals surface area contributed by atoms with Crippen LogP contribution in [-0.4, -0.2) is 37.0 Å². The van der Waals surface area contributed by atoms with Crippen molar-refractivity contribution >= 4 is 0 Å². The minimum Gasteiger partial charge on any atom is -0.374 e. The molecule has 94 valence electrons. The van der Waals surface area contributed by atoms with Gasteiger partial charge in [-0.1, -0.05) is 41.5 Å². The Kier molecular flexibility index (Phi) is 3.33. The summed E-state index contributed by atoms with van der Waals surface area (Å²) in [6, 6.07) is 0. The van der Waals surface area contributed by atoms with Crippen molar-refractivity contribution in [2.45, 2.75) is 41.5 Å². The fourth-order valence-electron chi connectivity index (χ4n) is 2.74. The van der Waals surface area contributed by atoms with Crippen LogP contribution in [0.2, 0.25) is 0 Å². The topological polar surface area (TPSA) is 6.48 Å². The molecule has 16 heavy (non-hydrogen) atoms. The SMILES string of the molecule is CN1CCN(C)C(C(C)(C)C)=C1C(C)(C)C. The summed E-state index contributed by atoms with van der Waals surface area (Å²) in [4.78, 5) is 4.86. The zero-order valence-corrected chi connectivity index (χ0v) is 12.3. The van der Waals surface area contributed by atoms with E-state index >= 15 is 0 Å². The minimum absolute atomic E-state index is 0.214. The van der Waals surface area contributed by atoms with Crippen molar-refractivity contribution in [2.75, 3.05) is 27.2 Å². The molecule has 0 fully saturated rings. The monoisotopic (exact) mass is 224 g/mol. The van der Waals surface area contributed by atoms with Gasteiger partial charge in [0.25, 0.3) is 0 Å². The fraction of sp³-hybridized carbons (Fsp3) is 0.857. The van der Waals surface area contributed by atoms with Crippen LogP contribution in [0.25, 0.3) is 0 Å². The molecule has 1 aliphatic rings. The lowest BCUT2D eigenvalue weighted by molar-refractivity contribution is 0.183. The molecule has 0 unspecified atom stereocenters. The maximum atomic E-state index is 2.43. The van der Waals surface area contributed by atoms with Crippen LogP contribution in [-0.2, 0) is 0 Å². The predicted molar refractivity (Wildman–Crippen MR) is 71.2 cm³/mol. The first-order valence-corrected chi connectivity index (χ1v) is 6.22. The third-order valence-corrected chi connectivity index (χ3v) is 3.18. The average molecular weight is 224 g/mol. The first-order valence-electron chi connectivity index (χ1n) is 6.22. The van der Waals surface area contributed by atoms with E-state index in [0.29, 0.717) is 0 Å². The predicted octanol–water partition coefficient (Wildman–Crippen LogP) is 3.17. The van der Waals surface area contributed by atoms with Gasteiger partial charge in [-0.25, -0.2) is 0 Å². The standard InChI is InChI=1S/C14H28N2/c1-13(2,3)11-12(14(4,5)6)16(8)10-9-15(11)7/h9-10H2,1-8H3. The second-order valence-electron chi connectivity index (χ2n) is 7.04. The molecule has 0 aromatic rings. The third-order valence-electron chi connectivity index (χ3n) is 3.18. The van der Waals surface area contributed by atoms with Gasteiger partial charge >= 0.3 is 0 Å². The van der Waals surface area contributed by atoms with Crippen molar-refractivity contribution in [3.8, 4) is 0 Å². The maximum Gasteiger partial charge on any atom is 0.0385 e. The summed E-state index contributed by atoms with van der Waals surface area (Å²) in [6.07, 6.45) is 0. The van der Waals surface area contributed by atoms with Crippen molar-refractivity contribution < 1.29 is 0 Å². The molecule has 2 nitrogen and oxygen atoms in total. The smallest absolute Gasteiger partial charge is 0.0385 e. The highest BCUT2D eigenvalue weighted by Crippen LogP contribution is 2.40. The van der Waals surface area contributed by atoms with Crippen molar-refractivity contribution in [3.05, 3.63) is 11.4 Å². The van der Waals surface area contributed by atoms with Crippen molar-refractivity contribution in [1.82, 2.24) is 9.80 Å². The van der Waals surface area contributed by atoms with Gasteiger partial charge in [-0.3, -0.25) is 0 Å². The van der Waals surface area contributed by atoms with Crippen LogP contribution in [0.15, 0.2) is 11.4 Å². The molecular weight excluding hydrogens is 196 g/mol. The Labute approximate surface area is 101 Å². The van der Waals surface area contributed by atoms with E-state index in [0.717, 1.165) is 13.1 Å². The van der Waals surface area contributed by atoms with E-state index in [4.69, 9.17) is 0 Å². The van der Waals surface area contributed by atoms with Crippen molar-refractivity contribution in [3.63, 3.8) is 0 Å². The molecule has 0 amide bonds. The van der Waals surface area contributed by atoms with E-state index < -0.39 is 0 Å². The second-order valence-corrected chi connectivity index (χ2v) is 7.04. The average Bonchev–Trinajstić information content (AvgIpc) is 2.04. The minimum atomic E-state index is 0.214. The van der Waals surface area contributed by atoms with E-state index in [-0.39, 0.29) is 10.8 Å². The molecule has 1 rings (SSSR count). The third kappa shape index (κ3) is 2.53. The van der Waals surface area contributed by atoms with Crippen molar-refractivity contribution in [2.24, 2.45) is 10.8 Å². The first-order chi connectivity index (χ1) is 7.05.